The zero-order valence-corrected chi connectivity index (χ0v) is 8.92. The largest absolute Gasteiger partial charge is 0.364 e. The average molecular weight is 229 g/mol. The Kier molecular flexibility index (Phi) is 6.15. The first-order valence-corrected chi connectivity index (χ1v) is 6.38. The maximum Gasteiger partial charge on any atom is 0.364 e. The number of nitrogens with zero attached hydrogens (tertiary/aromatic N) is 1. The number of rotatable bonds is 7. The van der Waals surface area contributed by atoms with Crippen molar-refractivity contribution < 1.29 is 19.1 Å². The maximum absolute atomic E-state index is 9.81. The summed E-state index contributed by atoms with van der Waals surface area (Å²) in [6.07, 6.45) is 2.62. The molecule has 0 amide bonds. The molecule has 0 saturated heterocycles. The van der Waals surface area contributed by atoms with Gasteiger partial charge in [0.25, 0.3) is 0 Å². The molecule has 0 aromatic heterocycles. The molecule has 0 saturated carbocycles. The number of hydrogen-bond acceptors (Lipinski definition) is 5. The fourth-order valence-corrected chi connectivity index (χ4v) is 1.60. The van der Waals surface area contributed by atoms with E-state index >= 15 is 0 Å². The molecule has 0 aliphatic heterocycles. The second-order valence-electron chi connectivity index (χ2n) is 2.31. The lowest BCUT2D eigenvalue weighted by Gasteiger charge is -2.11. The molecule has 1 atom stereocenters. The van der Waals surface area contributed by atoms with Gasteiger partial charge in [-0.2, -0.15) is 0 Å². The molecule has 0 heterocycles. The normalized spacial score (nSPS) is 14.9. The lowest BCUT2D eigenvalue weighted by atomic mass is 10.3. The Hall–Kier alpha value is -0.230. The fraction of sp³-hybridized carbons (Fsp3) is 1.00. The minimum absolute atomic E-state index is 0.190. The van der Waals surface area contributed by atoms with Gasteiger partial charge in [-0.3, -0.25) is 0 Å². The van der Waals surface area contributed by atoms with Crippen molar-refractivity contribution in [1.82, 2.24) is 0 Å². The topological polar surface area (TPSA) is 81.8 Å². The molecule has 0 fully saturated rings. The highest BCUT2D eigenvalue weighted by molar-refractivity contribution is 8.07. The smallest absolute Gasteiger partial charge is 0.326 e. The molecule has 13 heavy (non-hydrogen) atoms. The molecule has 0 aliphatic rings. The van der Waals surface area contributed by atoms with Gasteiger partial charge in [0.2, 0.25) is 0 Å². The molecule has 8 heteroatoms. The van der Waals surface area contributed by atoms with Gasteiger partial charge in [0.15, 0.2) is 0 Å². The van der Waals surface area contributed by atoms with Gasteiger partial charge in [0.05, 0.1) is 6.61 Å². The van der Waals surface area contributed by atoms with Gasteiger partial charge in [-0.05, 0) is 18.2 Å². The number of unbranched alkanes of at least 4 members (excludes halogenated alkanes) is 2. The molecule has 0 aromatic carbocycles. The molecule has 1 N–H and O–H groups in total. The molecule has 6 nitrogen and oxygen atoms in total. The molecular weight excluding hydrogens is 217 g/mol. The second kappa shape index (κ2) is 6.26. The zero-order chi connectivity index (χ0) is 10.3. The van der Waals surface area contributed by atoms with Crippen LogP contribution >= 0.6 is 6.72 Å². The van der Waals surface area contributed by atoms with Gasteiger partial charge >= 0.3 is 11.8 Å². The van der Waals surface area contributed by atoms with Gasteiger partial charge in [0, 0.05) is 0 Å². The van der Waals surface area contributed by atoms with Crippen LogP contribution in [0.1, 0.15) is 26.2 Å². The van der Waals surface area contributed by atoms with Crippen molar-refractivity contribution in [2.75, 3.05) is 6.61 Å². The third kappa shape index (κ3) is 8.11. The third-order valence-electron chi connectivity index (χ3n) is 1.17. The van der Waals surface area contributed by atoms with Crippen molar-refractivity contribution in [3.8, 4) is 0 Å². The van der Waals surface area contributed by atoms with Gasteiger partial charge in [0.1, 0.15) is 0 Å². The molecule has 0 radical (unpaired) electrons. The highest BCUT2D eigenvalue weighted by Gasteiger charge is 2.18. The summed E-state index contributed by atoms with van der Waals surface area (Å²) < 4.78 is 8.46. The Morgan fingerprint density at radius 1 is 1.62 bits per heavy atom. The summed E-state index contributed by atoms with van der Waals surface area (Å²) >= 11 is 4.35. The Morgan fingerprint density at radius 3 is 2.69 bits per heavy atom. The fourth-order valence-electron chi connectivity index (χ4n) is 0.640. The summed E-state index contributed by atoms with van der Waals surface area (Å²) in [7, 11) is 0. The predicted octanol–water partition coefficient (Wildman–Crippen LogP) is 1.62. The van der Waals surface area contributed by atoms with Crippen molar-refractivity contribution in [2.45, 2.75) is 26.2 Å². The molecule has 0 aliphatic carbocycles. The first-order valence-electron chi connectivity index (χ1n) is 3.79. The van der Waals surface area contributed by atoms with E-state index in [1.54, 1.807) is 0 Å². The van der Waals surface area contributed by atoms with Crippen molar-refractivity contribution in [2.24, 2.45) is 0 Å². The van der Waals surface area contributed by atoms with Gasteiger partial charge < -0.3 is 9.42 Å². The highest BCUT2D eigenvalue weighted by atomic mass is 32.5. The lowest BCUT2D eigenvalue weighted by Crippen LogP contribution is -2.01. The Morgan fingerprint density at radius 2 is 2.23 bits per heavy atom. The van der Waals surface area contributed by atoms with E-state index in [4.69, 9.17) is 4.89 Å². The van der Waals surface area contributed by atoms with E-state index in [0.717, 1.165) is 12.8 Å². The summed E-state index contributed by atoms with van der Waals surface area (Å²) in [5, 5.41) is 8.67. The van der Waals surface area contributed by atoms with E-state index in [2.05, 4.69) is 21.0 Å². The summed E-state index contributed by atoms with van der Waals surface area (Å²) in [4.78, 5) is 18.8. The summed E-state index contributed by atoms with van der Waals surface area (Å²) in [5.74, 6) is 0. The predicted molar refractivity (Wildman–Crippen MR) is 50.1 cm³/mol. The standard InChI is InChI=1S/C5H12NO5PS/c1-2-3-4-5-10-12(9,13)11-6(7)8/h2-5H2,1H3,(H,9,13). The van der Waals surface area contributed by atoms with Crippen molar-refractivity contribution in [3.63, 3.8) is 0 Å². The van der Waals surface area contributed by atoms with Crippen molar-refractivity contribution in [1.29, 1.82) is 0 Å². The molecule has 0 aromatic rings. The van der Waals surface area contributed by atoms with Crippen LogP contribution in [0, 0.1) is 10.1 Å². The molecular formula is C5H12NO5PS. The second-order valence-corrected chi connectivity index (χ2v) is 5.06. The van der Waals surface area contributed by atoms with Gasteiger partial charge in [-0.1, -0.05) is 19.8 Å². The van der Waals surface area contributed by atoms with Crippen LogP contribution in [-0.4, -0.2) is 16.6 Å². The quantitative estimate of drug-likeness (QED) is 0.309. The van der Waals surface area contributed by atoms with E-state index in [0.29, 0.717) is 6.42 Å². The lowest BCUT2D eigenvalue weighted by molar-refractivity contribution is -0.716. The first-order chi connectivity index (χ1) is 5.98. The average Bonchev–Trinajstić information content (AvgIpc) is 1.95. The summed E-state index contributed by atoms with van der Waals surface area (Å²) in [5.41, 5.74) is 0. The zero-order valence-electron chi connectivity index (χ0n) is 7.21. The van der Waals surface area contributed by atoms with E-state index in [9.17, 15) is 10.1 Å². The molecule has 78 valence electrons. The summed E-state index contributed by atoms with van der Waals surface area (Å²) in [6.45, 7) is -1.46. The van der Waals surface area contributed by atoms with Crippen LogP contribution in [0.5, 0.6) is 0 Å². The Labute approximate surface area is 81.2 Å². The van der Waals surface area contributed by atoms with Crippen LogP contribution in [0.4, 0.5) is 0 Å². The highest BCUT2D eigenvalue weighted by Crippen LogP contribution is 2.43. The van der Waals surface area contributed by atoms with Crippen LogP contribution in [0.2, 0.25) is 0 Å². The monoisotopic (exact) mass is 229 g/mol. The maximum atomic E-state index is 9.81. The number of hydrogen-bond donors (Lipinski definition) is 1. The van der Waals surface area contributed by atoms with Crippen molar-refractivity contribution >= 4 is 18.5 Å². The van der Waals surface area contributed by atoms with E-state index in [1.165, 1.54) is 0 Å². The van der Waals surface area contributed by atoms with E-state index in [1.807, 2.05) is 6.92 Å². The molecule has 1 unspecified atom stereocenters. The van der Waals surface area contributed by atoms with Crippen LogP contribution in [0.3, 0.4) is 0 Å². The van der Waals surface area contributed by atoms with Crippen molar-refractivity contribution in [3.05, 3.63) is 10.1 Å². The Balaban J connectivity index is 3.63. The Bertz CT molecular complexity index is 211. The minimum Gasteiger partial charge on any atom is -0.326 e. The third-order valence-corrected chi connectivity index (χ3v) is 2.54. The van der Waals surface area contributed by atoms with Gasteiger partial charge in [-0.15, -0.1) is 10.1 Å². The van der Waals surface area contributed by atoms with Crippen LogP contribution < -0.4 is 0 Å². The van der Waals surface area contributed by atoms with E-state index < -0.39 is 11.8 Å². The SMILES string of the molecule is CCCCCOP(O)(=S)O[N+](=O)[O-]. The van der Waals surface area contributed by atoms with Gasteiger partial charge in [-0.25, -0.2) is 4.62 Å². The van der Waals surface area contributed by atoms with Crippen LogP contribution in [-0.2, 0) is 21.0 Å². The van der Waals surface area contributed by atoms with E-state index in [-0.39, 0.29) is 6.61 Å². The molecule has 0 spiro atoms. The van der Waals surface area contributed by atoms with Crippen LogP contribution in [0.25, 0.3) is 0 Å². The van der Waals surface area contributed by atoms with Crippen LogP contribution in [0.15, 0.2) is 0 Å². The first kappa shape index (κ1) is 12.8. The molecule has 0 rings (SSSR count). The summed E-state index contributed by atoms with van der Waals surface area (Å²) in [6, 6.07) is 0. The molecule has 0 bridgehead atoms. The minimum atomic E-state index is -3.65.